The zero-order valence-electron chi connectivity index (χ0n) is 30.3. The van der Waals surface area contributed by atoms with Gasteiger partial charge in [-0.2, -0.15) is 0 Å². The summed E-state index contributed by atoms with van der Waals surface area (Å²) in [6, 6.07) is 9.48. The Bertz CT molecular complexity index is 833. The number of amides is 1. The molecule has 0 heterocycles. The summed E-state index contributed by atoms with van der Waals surface area (Å²) in [5.41, 5.74) is 0.887. The number of unbranched alkanes of at least 4 members (excludes halogenated alkanes) is 20. The van der Waals surface area contributed by atoms with E-state index in [4.69, 9.17) is 14.2 Å². The number of carbonyl (C=O) groups excluding carboxylic acids is 3. The number of ether oxygens (including phenoxy) is 3. The first kappa shape index (κ1) is 42.5. The van der Waals surface area contributed by atoms with Gasteiger partial charge in [-0.25, -0.2) is 4.79 Å². The van der Waals surface area contributed by atoms with Crippen molar-refractivity contribution in [3.63, 3.8) is 0 Å². The predicted octanol–water partition coefficient (Wildman–Crippen LogP) is 11.1. The van der Waals surface area contributed by atoms with Crippen molar-refractivity contribution in [1.29, 1.82) is 0 Å². The highest BCUT2D eigenvalue weighted by Crippen LogP contribution is 2.14. The number of benzene rings is 1. The van der Waals surface area contributed by atoms with Crippen molar-refractivity contribution in [3.8, 4) is 0 Å². The molecule has 0 fully saturated rings. The zero-order valence-corrected chi connectivity index (χ0v) is 30.3. The van der Waals surface area contributed by atoms with Crippen LogP contribution >= 0.6 is 0 Å². The topological polar surface area (TPSA) is 82.1 Å². The Kier molecular flexibility index (Phi) is 28.9. The molecule has 0 aliphatic rings. The molecule has 7 nitrogen and oxygen atoms in total. The Labute approximate surface area is 287 Å². The number of nitrogens with zero attached hydrogens (tertiary/aromatic N) is 1. The number of hydrogen-bond acceptors (Lipinski definition) is 6. The Hall–Kier alpha value is -2.57. The van der Waals surface area contributed by atoms with E-state index in [0.29, 0.717) is 12.8 Å². The maximum Gasteiger partial charge on any atom is 0.410 e. The van der Waals surface area contributed by atoms with E-state index < -0.39 is 6.09 Å². The second-order valence-corrected chi connectivity index (χ2v) is 13.0. The molecular formula is C40H69NO6. The van der Waals surface area contributed by atoms with E-state index >= 15 is 0 Å². The minimum atomic E-state index is -0.517. The third-order valence-corrected chi connectivity index (χ3v) is 8.68. The SMILES string of the molecule is CCCCCCCCCCCCCC(=O)OCCN(CCOC(=O)CCCCCCCCCCCCC)C(=O)OCc1ccccc1. The molecule has 0 N–H and O–H groups in total. The molecule has 0 bridgehead atoms. The van der Waals surface area contributed by atoms with Crippen molar-refractivity contribution in [2.75, 3.05) is 26.3 Å². The molecule has 270 valence electrons. The molecule has 1 aromatic carbocycles. The van der Waals surface area contributed by atoms with E-state index in [9.17, 15) is 14.4 Å². The minimum absolute atomic E-state index is 0.0873. The highest BCUT2D eigenvalue weighted by atomic mass is 16.6. The van der Waals surface area contributed by atoms with Gasteiger partial charge in [0.25, 0.3) is 0 Å². The summed E-state index contributed by atoms with van der Waals surface area (Å²) in [4.78, 5) is 38.9. The van der Waals surface area contributed by atoms with Crippen LogP contribution in [0.15, 0.2) is 30.3 Å². The lowest BCUT2D eigenvalue weighted by molar-refractivity contribution is -0.144. The fraction of sp³-hybridized carbons (Fsp3) is 0.775. The summed E-state index contributed by atoms with van der Waals surface area (Å²) in [6.07, 6.45) is 27.3. The Morgan fingerprint density at radius 2 is 0.851 bits per heavy atom. The van der Waals surface area contributed by atoms with Crippen molar-refractivity contribution in [2.45, 2.75) is 175 Å². The van der Waals surface area contributed by atoms with Crippen LogP contribution in [-0.2, 0) is 30.4 Å². The summed E-state index contributed by atoms with van der Waals surface area (Å²) < 4.78 is 16.4. The molecule has 0 atom stereocenters. The maximum atomic E-state index is 12.9. The molecule has 1 aromatic rings. The molecule has 47 heavy (non-hydrogen) atoms. The van der Waals surface area contributed by atoms with Crippen molar-refractivity contribution >= 4 is 18.0 Å². The number of esters is 2. The van der Waals surface area contributed by atoms with Gasteiger partial charge >= 0.3 is 18.0 Å². The zero-order chi connectivity index (χ0) is 34.0. The Morgan fingerprint density at radius 3 is 1.23 bits per heavy atom. The van der Waals surface area contributed by atoms with Gasteiger partial charge in [0, 0.05) is 12.8 Å². The van der Waals surface area contributed by atoms with E-state index in [2.05, 4.69) is 13.8 Å². The predicted molar refractivity (Wildman–Crippen MR) is 192 cm³/mol. The van der Waals surface area contributed by atoms with Crippen molar-refractivity contribution in [3.05, 3.63) is 35.9 Å². The molecule has 0 spiro atoms. The standard InChI is InChI=1S/C40H69NO6/c1-3-5-7-9-11-13-15-17-19-21-26-30-38(42)45-34-32-41(40(44)47-36-37-28-24-23-25-29-37)33-35-46-39(43)31-27-22-20-18-16-14-12-10-8-6-4-2/h23-25,28-29H,3-22,26-27,30-36H2,1-2H3. The quantitative estimate of drug-likeness (QED) is 0.0435. The van der Waals surface area contributed by atoms with Crippen LogP contribution in [0.25, 0.3) is 0 Å². The molecule has 0 aliphatic carbocycles. The van der Waals surface area contributed by atoms with Gasteiger partial charge in [0.15, 0.2) is 0 Å². The van der Waals surface area contributed by atoms with E-state index in [1.165, 1.54) is 108 Å². The molecule has 0 aromatic heterocycles. The molecule has 0 saturated carbocycles. The molecular weight excluding hydrogens is 590 g/mol. The maximum absolute atomic E-state index is 12.9. The largest absolute Gasteiger partial charge is 0.464 e. The van der Waals surface area contributed by atoms with Crippen LogP contribution in [0.3, 0.4) is 0 Å². The van der Waals surface area contributed by atoms with Gasteiger partial charge in [-0.15, -0.1) is 0 Å². The van der Waals surface area contributed by atoms with Gasteiger partial charge in [-0.1, -0.05) is 173 Å². The summed E-state index contributed by atoms with van der Waals surface area (Å²) >= 11 is 0. The third-order valence-electron chi connectivity index (χ3n) is 8.68. The van der Waals surface area contributed by atoms with Crippen LogP contribution in [-0.4, -0.2) is 49.2 Å². The smallest absolute Gasteiger partial charge is 0.410 e. The molecule has 0 aliphatic heterocycles. The van der Waals surface area contributed by atoms with Gasteiger partial charge in [-0.3, -0.25) is 9.59 Å². The van der Waals surface area contributed by atoms with E-state index in [-0.39, 0.29) is 44.8 Å². The first-order chi connectivity index (χ1) is 23.1. The Balaban J connectivity index is 2.25. The lowest BCUT2D eigenvalue weighted by atomic mass is 10.1. The average Bonchev–Trinajstić information content (AvgIpc) is 3.08. The van der Waals surface area contributed by atoms with Crippen LogP contribution < -0.4 is 0 Å². The molecule has 0 saturated heterocycles. The first-order valence-corrected chi connectivity index (χ1v) is 19.3. The van der Waals surface area contributed by atoms with Gasteiger partial charge < -0.3 is 19.1 Å². The summed E-state index contributed by atoms with van der Waals surface area (Å²) in [6.45, 7) is 5.19. The fourth-order valence-corrected chi connectivity index (χ4v) is 5.66. The summed E-state index contributed by atoms with van der Waals surface area (Å²) in [5, 5.41) is 0. The Morgan fingerprint density at radius 1 is 0.489 bits per heavy atom. The van der Waals surface area contributed by atoms with Crippen LogP contribution in [0.1, 0.15) is 174 Å². The number of hydrogen-bond donors (Lipinski definition) is 0. The van der Waals surface area contributed by atoms with E-state index in [0.717, 1.165) is 44.1 Å². The normalized spacial score (nSPS) is 10.9. The van der Waals surface area contributed by atoms with Crippen molar-refractivity contribution in [1.82, 2.24) is 4.90 Å². The molecule has 0 radical (unpaired) electrons. The van der Waals surface area contributed by atoms with Crippen LogP contribution in [0.2, 0.25) is 0 Å². The van der Waals surface area contributed by atoms with Crippen LogP contribution in [0.4, 0.5) is 4.79 Å². The van der Waals surface area contributed by atoms with Gasteiger partial charge in [0.05, 0.1) is 13.1 Å². The minimum Gasteiger partial charge on any atom is -0.464 e. The van der Waals surface area contributed by atoms with Gasteiger partial charge in [0.1, 0.15) is 19.8 Å². The third kappa shape index (κ3) is 27.1. The van der Waals surface area contributed by atoms with E-state index in [1.807, 2.05) is 30.3 Å². The fourth-order valence-electron chi connectivity index (χ4n) is 5.66. The van der Waals surface area contributed by atoms with Crippen molar-refractivity contribution in [2.24, 2.45) is 0 Å². The molecule has 1 amide bonds. The molecule has 0 unspecified atom stereocenters. The monoisotopic (exact) mass is 660 g/mol. The van der Waals surface area contributed by atoms with Gasteiger partial charge in [0.2, 0.25) is 0 Å². The summed E-state index contributed by atoms with van der Waals surface area (Å²) in [5.74, 6) is -0.478. The second-order valence-electron chi connectivity index (χ2n) is 13.0. The van der Waals surface area contributed by atoms with Crippen molar-refractivity contribution < 1.29 is 28.6 Å². The molecule has 1 rings (SSSR count). The average molecular weight is 660 g/mol. The van der Waals surface area contributed by atoms with Crippen LogP contribution in [0, 0.1) is 0 Å². The number of carbonyl (C=O) groups is 3. The first-order valence-electron chi connectivity index (χ1n) is 19.3. The molecule has 7 heteroatoms. The van der Waals surface area contributed by atoms with Gasteiger partial charge in [-0.05, 0) is 18.4 Å². The van der Waals surface area contributed by atoms with Crippen LogP contribution in [0.5, 0.6) is 0 Å². The second kappa shape index (κ2) is 32.0. The highest BCUT2D eigenvalue weighted by Gasteiger charge is 2.17. The number of rotatable bonds is 32. The highest BCUT2D eigenvalue weighted by molar-refractivity contribution is 5.70. The summed E-state index contributed by atoms with van der Waals surface area (Å²) in [7, 11) is 0. The lowest BCUT2D eigenvalue weighted by Crippen LogP contribution is -2.37. The van der Waals surface area contributed by atoms with E-state index in [1.54, 1.807) is 0 Å². The lowest BCUT2D eigenvalue weighted by Gasteiger charge is -2.22.